The highest BCUT2D eigenvalue weighted by molar-refractivity contribution is 5.67. The molecule has 2 atom stereocenters. The Morgan fingerprint density at radius 2 is 1.92 bits per heavy atom. The predicted octanol–water partition coefficient (Wildman–Crippen LogP) is 2.74. The maximum absolute atomic E-state index is 11.4. The molecule has 2 rings (SSSR count). The molecule has 0 spiro atoms. The number of aldehydes is 1. The van der Waals surface area contributed by atoms with Crippen molar-refractivity contribution in [3.05, 3.63) is 17.2 Å². The molecule has 0 amide bonds. The number of phenolic OH excluding ortho intramolecular Hbond substituents is 1. The number of aromatic hydroxyl groups is 1. The highest BCUT2D eigenvalue weighted by Crippen LogP contribution is 2.47. The Morgan fingerprint density at radius 1 is 1.25 bits per heavy atom. The maximum atomic E-state index is 11.4. The maximum Gasteiger partial charge on any atom is 0.302 e. The zero-order valence-electron chi connectivity index (χ0n) is 14.3. The van der Waals surface area contributed by atoms with E-state index in [0.29, 0.717) is 22.6 Å². The molecule has 1 saturated carbocycles. The molecule has 0 bridgehead atoms. The molecule has 1 aromatic carbocycles. The summed E-state index contributed by atoms with van der Waals surface area (Å²) in [5, 5.41) is 10.8. The highest BCUT2D eigenvalue weighted by Gasteiger charge is 2.34. The van der Waals surface area contributed by atoms with Gasteiger partial charge in [-0.3, -0.25) is 4.79 Å². The minimum absolute atomic E-state index is 0.0117. The number of phenols is 1. The van der Waals surface area contributed by atoms with Crippen LogP contribution in [-0.4, -0.2) is 37.7 Å². The van der Waals surface area contributed by atoms with Gasteiger partial charge in [0, 0.05) is 36.5 Å². The fraction of sp³-hybridized carbons (Fsp3) is 0.556. The van der Waals surface area contributed by atoms with E-state index < -0.39 is 0 Å². The lowest BCUT2D eigenvalue weighted by Crippen LogP contribution is -2.28. The average molecular weight is 336 g/mol. The zero-order chi connectivity index (χ0) is 17.7. The number of carbonyl (C=O) groups excluding carboxylic acids is 2. The highest BCUT2D eigenvalue weighted by atomic mass is 16.5. The summed E-state index contributed by atoms with van der Waals surface area (Å²) in [5.41, 5.74) is 1.01. The number of ether oxygens (including phenoxy) is 3. The van der Waals surface area contributed by atoms with Crippen molar-refractivity contribution < 1.29 is 28.9 Å². The second kappa shape index (κ2) is 8.04. The standard InChI is InChI=1S/C18H24O6/c1-11(20)24-14-7-5-4-6-12(14)17-16(23-3)10-15(22-2)13(8-9-19)18(17)21/h9-10,12,14,21H,4-8H2,1-3H3. The second-order valence-electron chi connectivity index (χ2n) is 5.93. The lowest BCUT2D eigenvalue weighted by atomic mass is 9.80. The van der Waals surface area contributed by atoms with E-state index in [9.17, 15) is 14.7 Å². The van der Waals surface area contributed by atoms with Gasteiger partial charge in [0.25, 0.3) is 0 Å². The van der Waals surface area contributed by atoms with Crippen LogP contribution in [0.1, 0.15) is 49.7 Å². The van der Waals surface area contributed by atoms with Gasteiger partial charge < -0.3 is 24.1 Å². The third-order valence-corrected chi connectivity index (χ3v) is 4.48. The first kappa shape index (κ1) is 18.1. The van der Waals surface area contributed by atoms with Gasteiger partial charge in [-0.05, 0) is 19.3 Å². The summed E-state index contributed by atoms with van der Waals surface area (Å²) >= 11 is 0. The van der Waals surface area contributed by atoms with E-state index in [-0.39, 0.29) is 30.2 Å². The third kappa shape index (κ3) is 3.63. The third-order valence-electron chi connectivity index (χ3n) is 4.48. The number of methoxy groups -OCH3 is 2. The van der Waals surface area contributed by atoms with Gasteiger partial charge in [0.2, 0.25) is 0 Å². The minimum atomic E-state index is -0.341. The van der Waals surface area contributed by atoms with Crippen molar-refractivity contribution in [1.29, 1.82) is 0 Å². The number of hydrogen-bond acceptors (Lipinski definition) is 6. The molecule has 1 aliphatic carbocycles. The van der Waals surface area contributed by atoms with Gasteiger partial charge in [0.1, 0.15) is 29.6 Å². The molecule has 132 valence electrons. The molecule has 1 N–H and O–H groups in total. The molecule has 0 heterocycles. The molecule has 0 radical (unpaired) electrons. The van der Waals surface area contributed by atoms with Crippen molar-refractivity contribution in [2.45, 2.75) is 51.0 Å². The van der Waals surface area contributed by atoms with Crippen LogP contribution in [0.25, 0.3) is 0 Å². The number of esters is 1. The molecule has 6 nitrogen and oxygen atoms in total. The smallest absolute Gasteiger partial charge is 0.302 e. The van der Waals surface area contributed by atoms with Crippen LogP contribution in [-0.2, 0) is 20.7 Å². The Kier molecular flexibility index (Phi) is 6.06. The van der Waals surface area contributed by atoms with E-state index in [1.165, 1.54) is 21.1 Å². The molecule has 0 aliphatic heterocycles. The van der Waals surface area contributed by atoms with E-state index in [0.717, 1.165) is 32.0 Å². The summed E-state index contributed by atoms with van der Waals surface area (Å²) in [6.07, 6.45) is 3.90. The number of hydrogen-bond donors (Lipinski definition) is 1. The van der Waals surface area contributed by atoms with Gasteiger partial charge in [-0.2, -0.15) is 0 Å². The largest absolute Gasteiger partial charge is 0.507 e. The molecule has 1 fully saturated rings. The van der Waals surface area contributed by atoms with Gasteiger partial charge >= 0.3 is 5.97 Å². The van der Waals surface area contributed by atoms with Crippen LogP contribution < -0.4 is 9.47 Å². The first-order valence-corrected chi connectivity index (χ1v) is 8.11. The summed E-state index contributed by atoms with van der Waals surface area (Å²) < 4.78 is 16.2. The molecule has 6 heteroatoms. The molecule has 2 unspecified atom stereocenters. The van der Waals surface area contributed by atoms with Gasteiger partial charge in [0.05, 0.1) is 14.2 Å². The first-order valence-electron chi connectivity index (χ1n) is 8.11. The zero-order valence-corrected chi connectivity index (χ0v) is 14.3. The summed E-state index contributed by atoms with van der Waals surface area (Å²) in [7, 11) is 2.99. The molecule has 1 aromatic rings. The summed E-state index contributed by atoms with van der Waals surface area (Å²) in [6.45, 7) is 1.38. The van der Waals surface area contributed by atoms with Crippen molar-refractivity contribution in [2.75, 3.05) is 14.2 Å². The second-order valence-corrected chi connectivity index (χ2v) is 5.93. The van der Waals surface area contributed by atoms with Crippen molar-refractivity contribution in [1.82, 2.24) is 0 Å². The van der Waals surface area contributed by atoms with Crippen molar-refractivity contribution in [3.8, 4) is 17.2 Å². The van der Waals surface area contributed by atoms with Gasteiger partial charge in [-0.25, -0.2) is 0 Å². The summed E-state index contributed by atoms with van der Waals surface area (Å²) in [6, 6.07) is 1.67. The van der Waals surface area contributed by atoms with Crippen LogP contribution >= 0.6 is 0 Å². The van der Waals surface area contributed by atoms with Crippen LogP contribution in [0.15, 0.2) is 6.07 Å². The lowest BCUT2D eigenvalue weighted by molar-refractivity contribution is -0.148. The molecular formula is C18H24O6. The predicted molar refractivity (Wildman–Crippen MR) is 87.7 cm³/mol. The minimum Gasteiger partial charge on any atom is -0.507 e. The molecule has 1 aliphatic rings. The number of rotatable bonds is 6. The average Bonchev–Trinajstić information content (AvgIpc) is 2.56. The molecule has 24 heavy (non-hydrogen) atoms. The van der Waals surface area contributed by atoms with Gasteiger partial charge in [-0.1, -0.05) is 6.42 Å². The van der Waals surface area contributed by atoms with E-state index in [1.54, 1.807) is 6.07 Å². The fourth-order valence-electron chi connectivity index (χ4n) is 3.45. The van der Waals surface area contributed by atoms with Crippen LogP contribution in [0.3, 0.4) is 0 Å². The fourth-order valence-corrected chi connectivity index (χ4v) is 3.45. The topological polar surface area (TPSA) is 82.1 Å². The van der Waals surface area contributed by atoms with E-state index in [2.05, 4.69) is 0 Å². The Labute approximate surface area is 141 Å². The SMILES string of the molecule is COc1cc(OC)c(C2CCCCC2OC(C)=O)c(O)c1CC=O. The van der Waals surface area contributed by atoms with Crippen LogP contribution in [0.2, 0.25) is 0 Å². The summed E-state index contributed by atoms with van der Waals surface area (Å²) in [4.78, 5) is 22.4. The number of carbonyl (C=O) groups is 2. The van der Waals surface area contributed by atoms with Crippen molar-refractivity contribution in [3.63, 3.8) is 0 Å². The van der Waals surface area contributed by atoms with E-state index >= 15 is 0 Å². The normalized spacial score (nSPS) is 20.3. The number of benzene rings is 1. The van der Waals surface area contributed by atoms with Crippen LogP contribution in [0, 0.1) is 0 Å². The quantitative estimate of drug-likeness (QED) is 0.635. The first-order chi connectivity index (χ1) is 11.5. The van der Waals surface area contributed by atoms with Gasteiger partial charge in [0.15, 0.2) is 0 Å². The Balaban J connectivity index is 2.55. The van der Waals surface area contributed by atoms with Crippen molar-refractivity contribution >= 4 is 12.3 Å². The molecule has 0 aromatic heterocycles. The van der Waals surface area contributed by atoms with Gasteiger partial charge in [-0.15, -0.1) is 0 Å². The van der Waals surface area contributed by atoms with Crippen molar-refractivity contribution in [2.24, 2.45) is 0 Å². The molecular weight excluding hydrogens is 312 g/mol. The van der Waals surface area contributed by atoms with Crippen LogP contribution in [0.5, 0.6) is 17.2 Å². The van der Waals surface area contributed by atoms with Crippen LogP contribution in [0.4, 0.5) is 0 Å². The Bertz CT molecular complexity index is 610. The Morgan fingerprint density at radius 3 is 2.50 bits per heavy atom. The monoisotopic (exact) mass is 336 g/mol. The lowest BCUT2D eigenvalue weighted by Gasteiger charge is -2.33. The van der Waals surface area contributed by atoms with E-state index in [1.807, 2.05) is 0 Å². The Hall–Kier alpha value is -2.24. The molecule has 0 saturated heterocycles. The van der Waals surface area contributed by atoms with E-state index in [4.69, 9.17) is 14.2 Å². The summed E-state index contributed by atoms with van der Waals surface area (Å²) in [5.74, 6) is 0.353.